The van der Waals surface area contributed by atoms with Crippen LogP contribution in [-0.2, 0) is 0 Å². The van der Waals surface area contributed by atoms with Gasteiger partial charge >= 0.3 is 0 Å². The van der Waals surface area contributed by atoms with Crippen LogP contribution >= 0.6 is 0 Å². The van der Waals surface area contributed by atoms with Gasteiger partial charge in [-0.3, -0.25) is 0 Å². The van der Waals surface area contributed by atoms with Crippen LogP contribution in [0.1, 0.15) is 12.5 Å². The van der Waals surface area contributed by atoms with E-state index in [1.165, 1.54) is 0 Å². The zero-order valence-corrected chi connectivity index (χ0v) is 6.04. The van der Waals surface area contributed by atoms with E-state index in [-0.39, 0.29) is 0 Å². The van der Waals surface area contributed by atoms with Crippen molar-refractivity contribution in [3.05, 3.63) is 35.9 Å². The number of nitrogens with two attached hydrogens (primary N) is 1. The molecule has 1 rings (SSSR count). The molecule has 0 aliphatic heterocycles. The fourth-order valence-corrected chi connectivity index (χ4v) is 0.842. The summed E-state index contributed by atoms with van der Waals surface area (Å²) in [6.07, 6.45) is 3.97. The maximum absolute atomic E-state index is 5.66. The molecule has 10 heavy (non-hydrogen) atoms. The topological polar surface area (TPSA) is 26.0 Å². The van der Waals surface area contributed by atoms with Gasteiger partial charge in [-0.05, 0) is 18.6 Å². The lowest BCUT2D eigenvalue weighted by Crippen LogP contribution is -1.86. The molecule has 0 bridgehead atoms. The quantitative estimate of drug-likeness (QED) is 0.584. The minimum absolute atomic E-state index is 0.834. The van der Waals surface area contributed by atoms with Crippen LogP contribution in [0, 0.1) is 0 Å². The SMILES string of the molecule is C/C=C/c1ccccc1N. The third kappa shape index (κ3) is 1.38. The van der Waals surface area contributed by atoms with Crippen molar-refractivity contribution in [2.24, 2.45) is 0 Å². The first-order valence-corrected chi connectivity index (χ1v) is 3.32. The second kappa shape index (κ2) is 3.06. The number of anilines is 1. The molecular formula is C9H11N. The smallest absolute Gasteiger partial charge is 0.0387 e. The molecule has 1 heteroatoms. The second-order valence-corrected chi connectivity index (χ2v) is 2.13. The highest BCUT2D eigenvalue weighted by molar-refractivity contribution is 5.63. The Morgan fingerprint density at radius 2 is 2.00 bits per heavy atom. The summed E-state index contributed by atoms with van der Waals surface area (Å²) < 4.78 is 0. The van der Waals surface area contributed by atoms with Gasteiger partial charge in [-0.25, -0.2) is 0 Å². The predicted octanol–water partition coefficient (Wildman–Crippen LogP) is 2.30. The summed E-state index contributed by atoms with van der Waals surface area (Å²) in [5.74, 6) is 0. The van der Waals surface area contributed by atoms with E-state index in [1.807, 2.05) is 43.3 Å². The number of nitrogen functional groups attached to an aromatic ring is 1. The minimum Gasteiger partial charge on any atom is -0.398 e. The Morgan fingerprint density at radius 1 is 1.30 bits per heavy atom. The second-order valence-electron chi connectivity index (χ2n) is 2.13. The molecule has 0 aliphatic rings. The number of para-hydroxylation sites is 1. The van der Waals surface area contributed by atoms with Crippen molar-refractivity contribution < 1.29 is 0 Å². The molecule has 0 fully saturated rings. The number of hydrogen-bond donors (Lipinski definition) is 1. The van der Waals surface area contributed by atoms with Gasteiger partial charge in [0.1, 0.15) is 0 Å². The first kappa shape index (κ1) is 6.87. The highest BCUT2D eigenvalue weighted by Gasteiger charge is 1.88. The van der Waals surface area contributed by atoms with Crippen LogP contribution in [0.15, 0.2) is 30.3 Å². The summed E-state index contributed by atoms with van der Waals surface area (Å²) in [6.45, 7) is 1.98. The van der Waals surface area contributed by atoms with Crippen molar-refractivity contribution in [2.45, 2.75) is 6.92 Å². The number of allylic oxidation sites excluding steroid dienone is 1. The van der Waals surface area contributed by atoms with Crippen molar-refractivity contribution in [3.8, 4) is 0 Å². The lowest BCUT2D eigenvalue weighted by atomic mass is 10.2. The average molecular weight is 133 g/mol. The van der Waals surface area contributed by atoms with Gasteiger partial charge in [0.05, 0.1) is 0 Å². The highest BCUT2D eigenvalue weighted by Crippen LogP contribution is 2.11. The van der Waals surface area contributed by atoms with Crippen LogP contribution in [0.2, 0.25) is 0 Å². The van der Waals surface area contributed by atoms with E-state index in [9.17, 15) is 0 Å². The summed E-state index contributed by atoms with van der Waals surface area (Å²) in [5, 5.41) is 0. The molecule has 0 radical (unpaired) electrons. The summed E-state index contributed by atoms with van der Waals surface area (Å²) in [5.41, 5.74) is 7.58. The van der Waals surface area contributed by atoms with Gasteiger partial charge in [-0.2, -0.15) is 0 Å². The van der Waals surface area contributed by atoms with Crippen molar-refractivity contribution in [1.82, 2.24) is 0 Å². The number of hydrogen-bond acceptors (Lipinski definition) is 1. The van der Waals surface area contributed by atoms with Crippen LogP contribution in [0.25, 0.3) is 6.08 Å². The Labute approximate surface area is 61.2 Å². The maximum Gasteiger partial charge on any atom is 0.0387 e. The zero-order chi connectivity index (χ0) is 7.40. The largest absolute Gasteiger partial charge is 0.398 e. The van der Waals surface area contributed by atoms with Crippen molar-refractivity contribution in [2.75, 3.05) is 5.73 Å². The molecule has 0 spiro atoms. The fourth-order valence-electron chi connectivity index (χ4n) is 0.842. The maximum atomic E-state index is 5.66. The third-order valence-electron chi connectivity index (χ3n) is 1.34. The fraction of sp³-hybridized carbons (Fsp3) is 0.111. The van der Waals surface area contributed by atoms with Crippen molar-refractivity contribution in [3.63, 3.8) is 0 Å². The molecule has 0 amide bonds. The molecule has 2 N–H and O–H groups in total. The summed E-state index contributed by atoms with van der Waals surface area (Å²) in [7, 11) is 0. The zero-order valence-electron chi connectivity index (χ0n) is 6.04. The number of benzene rings is 1. The van der Waals surface area contributed by atoms with E-state index >= 15 is 0 Å². The normalized spacial score (nSPS) is 10.5. The monoisotopic (exact) mass is 133 g/mol. The number of rotatable bonds is 1. The first-order chi connectivity index (χ1) is 4.84. The summed E-state index contributed by atoms with van der Waals surface area (Å²) >= 11 is 0. The molecule has 0 unspecified atom stereocenters. The molecule has 1 nitrogen and oxygen atoms in total. The molecule has 0 saturated carbocycles. The molecule has 0 atom stereocenters. The molecule has 52 valence electrons. The summed E-state index contributed by atoms with van der Waals surface area (Å²) in [4.78, 5) is 0. The molecule has 0 saturated heterocycles. The first-order valence-electron chi connectivity index (χ1n) is 3.32. The Bertz CT molecular complexity index is 238. The van der Waals surface area contributed by atoms with Gasteiger partial charge in [0.25, 0.3) is 0 Å². The van der Waals surface area contributed by atoms with Crippen LogP contribution in [0.3, 0.4) is 0 Å². The van der Waals surface area contributed by atoms with Crippen molar-refractivity contribution >= 4 is 11.8 Å². The standard InChI is InChI=1S/C9H11N/c1-2-5-8-6-3-4-7-9(8)10/h2-7H,10H2,1H3/b5-2+. The molecule has 1 aromatic rings. The summed E-state index contributed by atoms with van der Waals surface area (Å²) in [6, 6.07) is 7.80. The van der Waals surface area contributed by atoms with Gasteiger partial charge < -0.3 is 5.73 Å². The van der Waals surface area contributed by atoms with Crippen LogP contribution in [-0.4, -0.2) is 0 Å². The predicted molar refractivity (Wildman–Crippen MR) is 45.6 cm³/mol. The lowest BCUT2D eigenvalue weighted by molar-refractivity contribution is 1.63. The Kier molecular flexibility index (Phi) is 2.11. The van der Waals surface area contributed by atoms with Crippen LogP contribution in [0.4, 0.5) is 5.69 Å². The Hall–Kier alpha value is -1.24. The Morgan fingerprint density at radius 3 is 2.60 bits per heavy atom. The average Bonchev–Trinajstić information content (AvgIpc) is 1.94. The molecule has 0 aliphatic carbocycles. The van der Waals surface area contributed by atoms with E-state index in [4.69, 9.17) is 5.73 Å². The van der Waals surface area contributed by atoms with E-state index in [2.05, 4.69) is 0 Å². The molecule has 0 heterocycles. The van der Waals surface area contributed by atoms with E-state index in [0.29, 0.717) is 0 Å². The minimum atomic E-state index is 0.834. The van der Waals surface area contributed by atoms with Gasteiger partial charge in [0.2, 0.25) is 0 Å². The van der Waals surface area contributed by atoms with Gasteiger partial charge in [0, 0.05) is 5.69 Å². The molecule has 0 aromatic heterocycles. The Balaban J connectivity index is 3.03. The third-order valence-corrected chi connectivity index (χ3v) is 1.34. The van der Waals surface area contributed by atoms with Gasteiger partial charge in [0.15, 0.2) is 0 Å². The van der Waals surface area contributed by atoms with E-state index in [1.54, 1.807) is 0 Å². The highest BCUT2D eigenvalue weighted by atomic mass is 14.5. The van der Waals surface area contributed by atoms with E-state index in [0.717, 1.165) is 11.3 Å². The molecular weight excluding hydrogens is 122 g/mol. The molecule has 1 aromatic carbocycles. The van der Waals surface area contributed by atoms with Gasteiger partial charge in [-0.1, -0.05) is 30.4 Å². The van der Waals surface area contributed by atoms with E-state index < -0.39 is 0 Å². The van der Waals surface area contributed by atoms with Crippen LogP contribution < -0.4 is 5.73 Å². The van der Waals surface area contributed by atoms with Gasteiger partial charge in [-0.15, -0.1) is 0 Å². The van der Waals surface area contributed by atoms with Crippen LogP contribution in [0.5, 0.6) is 0 Å². The van der Waals surface area contributed by atoms with Crippen molar-refractivity contribution in [1.29, 1.82) is 0 Å². The lowest BCUT2D eigenvalue weighted by Gasteiger charge is -1.96.